The van der Waals surface area contributed by atoms with E-state index in [1.54, 1.807) is 30.3 Å². The molecule has 1 unspecified atom stereocenters. The molecule has 2 fully saturated rings. The number of carbonyl (C=O) groups excluding carboxylic acids is 1. The summed E-state index contributed by atoms with van der Waals surface area (Å²) < 4.78 is 27.4. The van der Waals surface area contributed by atoms with Gasteiger partial charge in [-0.15, -0.1) is 0 Å². The normalized spacial score (nSPS) is 23.6. The van der Waals surface area contributed by atoms with E-state index in [1.165, 1.54) is 0 Å². The van der Waals surface area contributed by atoms with E-state index in [0.717, 1.165) is 23.7 Å². The maximum Gasteiger partial charge on any atom is 0.245 e. The van der Waals surface area contributed by atoms with Crippen molar-refractivity contribution in [2.45, 2.75) is 87.9 Å². The van der Waals surface area contributed by atoms with Crippen molar-refractivity contribution >= 4 is 44.1 Å². The molecule has 8 nitrogen and oxygen atoms in total. The van der Waals surface area contributed by atoms with Crippen LogP contribution in [0.3, 0.4) is 0 Å². The number of nitrogens with one attached hydrogen (secondary N) is 1. The molecular formula is C31H40ClN5O3S. The molecular weight excluding hydrogens is 558 g/mol. The number of aryl methyl sites for hydroxylation is 1. The molecule has 220 valence electrons. The van der Waals surface area contributed by atoms with Crippen LogP contribution in [0.1, 0.15) is 58.7 Å². The summed E-state index contributed by atoms with van der Waals surface area (Å²) in [6, 6.07) is 14.3. The minimum absolute atomic E-state index is 0.0734. The molecule has 2 aliphatic rings. The molecule has 10 heteroatoms. The molecule has 1 atom stereocenters. The Hall–Kier alpha value is -2.75. The third-order valence-electron chi connectivity index (χ3n) is 8.95. The Morgan fingerprint density at radius 2 is 1.80 bits per heavy atom. The Kier molecular flexibility index (Phi) is 8.60. The predicted molar refractivity (Wildman–Crippen MR) is 164 cm³/mol. The second kappa shape index (κ2) is 11.9. The molecule has 1 amide bonds. The summed E-state index contributed by atoms with van der Waals surface area (Å²) >= 11 is 6.30. The first kappa shape index (κ1) is 29.7. The standard InChI is InChI=1S/C31H40ClN5O3S/c1-5-28-33-26-12-11-22(32)19-25(26)29(35-28)34-27-15-18-37(30(27)38)31(16-13-23(14-17-31)36(4)21(2)3)20-41(39,40)24-9-7-6-8-10-24/h6-12,19,21,23,27H,5,13-18,20H2,1-4H3,(H,33,34,35). The van der Waals surface area contributed by atoms with Gasteiger partial charge in [-0.05, 0) is 83.3 Å². The quantitative estimate of drug-likeness (QED) is 0.355. The number of benzene rings is 2. The fourth-order valence-electron chi connectivity index (χ4n) is 6.39. The van der Waals surface area contributed by atoms with Gasteiger partial charge in [0.15, 0.2) is 9.84 Å². The van der Waals surface area contributed by atoms with E-state index in [4.69, 9.17) is 16.6 Å². The van der Waals surface area contributed by atoms with E-state index in [9.17, 15) is 13.2 Å². The topological polar surface area (TPSA) is 95.5 Å². The number of anilines is 1. The molecule has 0 radical (unpaired) electrons. The zero-order valence-electron chi connectivity index (χ0n) is 24.3. The molecule has 2 heterocycles. The van der Waals surface area contributed by atoms with Crippen molar-refractivity contribution in [1.82, 2.24) is 19.8 Å². The van der Waals surface area contributed by atoms with Crippen LogP contribution in [-0.2, 0) is 21.1 Å². The number of nitrogens with zero attached hydrogens (tertiary/aromatic N) is 4. The number of sulfone groups is 1. The Labute approximate surface area is 248 Å². The van der Waals surface area contributed by atoms with Gasteiger partial charge in [-0.25, -0.2) is 18.4 Å². The van der Waals surface area contributed by atoms with E-state index < -0.39 is 21.4 Å². The van der Waals surface area contributed by atoms with Gasteiger partial charge in [0.25, 0.3) is 0 Å². The number of hydrogen-bond donors (Lipinski definition) is 1. The van der Waals surface area contributed by atoms with Crippen LogP contribution >= 0.6 is 11.6 Å². The highest BCUT2D eigenvalue weighted by Gasteiger charge is 2.50. The van der Waals surface area contributed by atoms with Crippen LogP contribution in [-0.4, -0.2) is 77.1 Å². The summed E-state index contributed by atoms with van der Waals surface area (Å²) in [4.78, 5) is 28.0. The number of fused-ring (bicyclic) bond motifs is 1. The fourth-order valence-corrected chi connectivity index (χ4v) is 8.46. The summed E-state index contributed by atoms with van der Waals surface area (Å²) in [7, 11) is -1.48. The number of likely N-dealkylation sites (tertiary alicyclic amines) is 1. The second-order valence-electron chi connectivity index (χ2n) is 11.8. The third-order valence-corrected chi connectivity index (χ3v) is 11.1. The maximum atomic E-state index is 14.1. The molecule has 3 aromatic rings. The third kappa shape index (κ3) is 6.08. The Morgan fingerprint density at radius 1 is 1.10 bits per heavy atom. The highest BCUT2D eigenvalue weighted by molar-refractivity contribution is 7.91. The summed E-state index contributed by atoms with van der Waals surface area (Å²) in [6.07, 6.45) is 4.20. The summed E-state index contributed by atoms with van der Waals surface area (Å²) in [6.45, 7) is 6.84. The van der Waals surface area contributed by atoms with Crippen LogP contribution in [0, 0.1) is 0 Å². The van der Waals surface area contributed by atoms with Crippen LogP contribution in [0.15, 0.2) is 53.4 Å². The molecule has 2 aromatic carbocycles. The molecule has 0 spiro atoms. The van der Waals surface area contributed by atoms with Gasteiger partial charge in [-0.1, -0.05) is 36.7 Å². The minimum Gasteiger partial charge on any atom is -0.358 e. The lowest BCUT2D eigenvalue weighted by Gasteiger charge is -2.48. The number of hydrogen-bond acceptors (Lipinski definition) is 7. The Balaban J connectivity index is 1.44. The summed E-state index contributed by atoms with van der Waals surface area (Å²) in [5, 5.41) is 4.73. The number of amides is 1. The lowest BCUT2D eigenvalue weighted by atomic mass is 9.78. The molecule has 1 N–H and O–H groups in total. The lowest BCUT2D eigenvalue weighted by Crippen LogP contribution is -2.58. The zero-order valence-corrected chi connectivity index (χ0v) is 25.9. The lowest BCUT2D eigenvalue weighted by molar-refractivity contribution is -0.134. The summed E-state index contributed by atoms with van der Waals surface area (Å²) in [5.41, 5.74) is 0.00589. The predicted octanol–water partition coefficient (Wildman–Crippen LogP) is 5.35. The zero-order chi connectivity index (χ0) is 29.4. The van der Waals surface area contributed by atoms with Gasteiger partial charge in [0.1, 0.15) is 17.7 Å². The van der Waals surface area contributed by atoms with Gasteiger partial charge in [0.2, 0.25) is 5.91 Å². The van der Waals surface area contributed by atoms with Crippen LogP contribution in [0.4, 0.5) is 5.82 Å². The van der Waals surface area contributed by atoms with Gasteiger partial charge in [-0.3, -0.25) is 4.79 Å². The van der Waals surface area contributed by atoms with E-state index >= 15 is 0 Å². The largest absolute Gasteiger partial charge is 0.358 e. The summed E-state index contributed by atoms with van der Waals surface area (Å²) in [5.74, 6) is 1.12. The van der Waals surface area contributed by atoms with Crippen molar-refractivity contribution in [2.75, 3.05) is 24.7 Å². The van der Waals surface area contributed by atoms with Crippen molar-refractivity contribution in [3.8, 4) is 0 Å². The van der Waals surface area contributed by atoms with Crippen LogP contribution in [0.25, 0.3) is 10.9 Å². The van der Waals surface area contributed by atoms with Gasteiger partial charge in [-0.2, -0.15) is 0 Å². The molecule has 1 aliphatic heterocycles. The molecule has 41 heavy (non-hydrogen) atoms. The van der Waals surface area contributed by atoms with Gasteiger partial charge in [0, 0.05) is 35.5 Å². The van der Waals surface area contributed by atoms with Crippen molar-refractivity contribution in [2.24, 2.45) is 0 Å². The smallest absolute Gasteiger partial charge is 0.245 e. The fraction of sp³-hybridized carbons (Fsp3) is 0.516. The van der Waals surface area contributed by atoms with E-state index in [2.05, 4.69) is 36.1 Å². The molecule has 1 aliphatic carbocycles. The van der Waals surface area contributed by atoms with E-state index in [-0.39, 0.29) is 11.7 Å². The highest BCUT2D eigenvalue weighted by atomic mass is 35.5. The van der Waals surface area contributed by atoms with Crippen molar-refractivity contribution in [1.29, 1.82) is 0 Å². The monoisotopic (exact) mass is 597 g/mol. The van der Waals surface area contributed by atoms with Gasteiger partial charge in [0.05, 0.1) is 21.7 Å². The molecule has 1 saturated heterocycles. The van der Waals surface area contributed by atoms with Crippen LogP contribution in [0.2, 0.25) is 5.02 Å². The van der Waals surface area contributed by atoms with E-state index in [1.807, 2.05) is 30.0 Å². The molecule has 0 bridgehead atoms. The van der Waals surface area contributed by atoms with E-state index in [0.29, 0.717) is 65.9 Å². The van der Waals surface area contributed by atoms with Gasteiger partial charge < -0.3 is 15.1 Å². The first-order valence-electron chi connectivity index (χ1n) is 14.6. The van der Waals surface area contributed by atoms with Crippen LogP contribution in [0.5, 0.6) is 0 Å². The van der Waals surface area contributed by atoms with Crippen molar-refractivity contribution < 1.29 is 13.2 Å². The number of halogens is 1. The van der Waals surface area contributed by atoms with Crippen LogP contribution < -0.4 is 5.32 Å². The average molecular weight is 598 g/mol. The number of carbonyl (C=O) groups is 1. The minimum atomic E-state index is -3.62. The number of rotatable bonds is 9. The SMILES string of the molecule is CCc1nc(NC2CCN(C3(CS(=O)(=O)c4ccccc4)CCC(N(C)C(C)C)CC3)C2=O)c2cc(Cl)ccc2n1. The first-order chi connectivity index (χ1) is 19.5. The molecule has 1 saturated carbocycles. The number of aromatic nitrogens is 2. The van der Waals surface area contributed by atoms with Gasteiger partial charge >= 0.3 is 0 Å². The Morgan fingerprint density at radius 3 is 2.46 bits per heavy atom. The highest BCUT2D eigenvalue weighted by Crippen LogP contribution is 2.41. The second-order valence-corrected chi connectivity index (χ2v) is 14.2. The molecule has 1 aromatic heterocycles. The molecule has 5 rings (SSSR count). The first-order valence-corrected chi connectivity index (χ1v) is 16.6. The van der Waals surface area contributed by atoms with Crippen molar-refractivity contribution in [3.05, 3.63) is 59.4 Å². The average Bonchev–Trinajstić information content (AvgIpc) is 3.33. The Bertz CT molecular complexity index is 1510. The van der Waals surface area contributed by atoms with Crippen molar-refractivity contribution in [3.63, 3.8) is 0 Å². The maximum absolute atomic E-state index is 14.1.